The highest BCUT2D eigenvalue weighted by Gasteiger charge is 1.98. The Bertz CT molecular complexity index is 90.6. The SMILES string of the molecule is COCCCNC(C)CCCCl. The second-order valence-electron chi connectivity index (χ2n) is 3.03. The summed E-state index contributed by atoms with van der Waals surface area (Å²) in [6.45, 7) is 4.08. The van der Waals surface area contributed by atoms with Crippen molar-refractivity contribution in [2.24, 2.45) is 0 Å². The van der Waals surface area contributed by atoms with E-state index in [2.05, 4.69) is 12.2 Å². The summed E-state index contributed by atoms with van der Waals surface area (Å²) in [5.74, 6) is 0.768. The van der Waals surface area contributed by atoms with E-state index >= 15 is 0 Å². The van der Waals surface area contributed by atoms with Crippen molar-refractivity contribution < 1.29 is 4.74 Å². The minimum Gasteiger partial charge on any atom is -0.385 e. The predicted molar refractivity (Wildman–Crippen MR) is 53.9 cm³/mol. The normalized spacial score (nSPS) is 13.2. The minimum atomic E-state index is 0.584. The van der Waals surface area contributed by atoms with Crippen LogP contribution in [0, 0.1) is 0 Å². The van der Waals surface area contributed by atoms with E-state index in [1.54, 1.807) is 7.11 Å². The quantitative estimate of drug-likeness (QED) is 0.471. The Morgan fingerprint density at radius 2 is 2.17 bits per heavy atom. The molecule has 0 rings (SSSR count). The molecule has 0 radical (unpaired) electrons. The first-order chi connectivity index (χ1) is 5.81. The summed E-state index contributed by atoms with van der Waals surface area (Å²) in [6.07, 6.45) is 3.35. The molecule has 1 atom stereocenters. The maximum Gasteiger partial charge on any atom is 0.0474 e. The van der Waals surface area contributed by atoms with E-state index in [1.807, 2.05) is 0 Å². The van der Waals surface area contributed by atoms with Crippen LogP contribution >= 0.6 is 11.6 Å². The lowest BCUT2D eigenvalue weighted by molar-refractivity contribution is 0.193. The van der Waals surface area contributed by atoms with E-state index in [-0.39, 0.29) is 0 Å². The number of nitrogens with one attached hydrogen (secondary N) is 1. The van der Waals surface area contributed by atoms with E-state index in [0.717, 1.165) is 38.3 Å². The Labute approximate surface area is 80.6 Å². The van der Waals surface area contributed by atoms with Crippen molar-refractivity contribution >= 4 is 11.6 Å². The number of methoxy groups -OCH3 is 1. The Kier molecular flexibility index (Phi) is 9.46. The van der Waals surface area contributed by atoms with Crippen LogP contribution in [0.15, 0.2) is 0 Å². The lowest BCUT2D eigenvalue weighted by Gasteiger charge is -2.12. The highest BCUT2D eigenvalue weighted by atomic mass is 35.5. The molecule has 0 amide bonds. The summed E-state index contributed by atoms with van der Waals surface area (Å²) in [7, 11) is 1.73. The van der Waals surface area contributed by atoms with Crippen LogP contribution in [0.3, 0.4) is 0 Å². The zero-order valence-corrected chi connectivity index (χ0v) is 8.86. The van der Waals surface area contributed by atoms with Gasteiger partial charge >= 0.3 is 0 Å². The Morgan fingerprint density at radius 3 is 2.75 bits per heavy atom. The molecule has 0 bridgehead atoms. The molecule has 0 aliphatic carbocycles. The molecule has 0 aromatic carbocycles. The maximum absolute atomic E-state index is 5.58. The van der Waals surface area contributed by atoms with Crippen molar-refractivity contribution in [3.8, 4) is 0 Å². The van der Waals surface area contributed by atoms with Gasteiger partial charge in [-0.1, -0.05) is 0 Å². The third-order valence-electron chi connectivity index (χ3n) is 1.79. The zero-order valence-electron chi connectivity index (χ0n) is 8.11. The van der Waals surface area contributed by atoms with Gasteiger partial charge in [0, 0.05) is 25.6 Å². The molecule has 0 saturated heterocycles. The molecule has 0 aromatic heterocycles. The van der Waals surface area contributed by atoms with Gasteiger partial charge in [0.05, 0.1) is 0 Å². The summed E-state index contributed by atoms with van der Waals surface area (Å²) in [4.78, 5) is 0. The molecular weight excluding hydrogens is 174 g/mol. The van der Waals surface area contributed by atoms with Crippen molar-refractivity contribution in [2.75, 3.05) is 26.1 Å². The van der Waals surface area contributed by atoms with Crippen molar-refractivity contribution in [3.63, 3.8) is 0 Å². The molecule has 74 valence electrons. The smallest absolute Gasteiger partial charge is 0.0474 e. The van der Waals surface area contributed by atoms with Crippen LogP contribution in [0.2, 0.25) is 0 Å². The highest BCUT2D eigenvalue weighted by molar-refractivity contribution is 6.17. The van der Waals surface area contributed by atoms with Crippen LogP contribution in [-0.4, -0.2) is 32.2 Å². The summed E-state index contributed by atoms with van der Waals surface area (Å²) >= 11 is 5.58. The molecule has 0 aromatic rings. The van der Waals surface area contributed by atoms with Crippen molar-refractivity contribution in [1.82, 2.24) is 5.32 Å². The van der Waals surface area contributed by atoms with Gasteiger partial charge in [-0.25, -0.2) is 0 Å². The Balaban J connectivity index is 3.02. The average Bonchev–Trinajstić information content (AvgIpc) is 2.09. The molecule has 0 heterocycles. The van der Waals surface area contributed by atoms with E-state index in [4.69, 9.17) is 16.3 Å². The topological polar surface area (TPSA) is 21.3 Å². The molecule has 1 unspecified atom stereocenters. The Hall–Kier alpha value is 0.210. The third-order valence-corrected chi connectivity index (χ3v) is 2.06. The minimum absolute atomic E-state index is 0.584. The van der Waals surface area contributed by atoms with Crippen LogP contribution < -0.4 is 5.32 Å². The molecule has 2 nitrogen and oxygen atoms in total. The fourth-order valence-electron chi connectivity index (χ4n) is 1.05. The lowest BCUT2D eigenvalue weighted by atomic mass is 10.2. The van der Waals surface area contributed by atoms with Gasteiger partial charge in [-0.2, -0.15) is 0 Å². The fraction of sp³-hybridized carbons (Fsp3) is 1.00. The van der Waals surface area contributed by atoms with E-state index in [1.165, 1.54) is 0 Å². The van der Waals surface area contributed by atoms with Gasteiger partial charge < -0.3 is 10.1 Å². The van der Waals surface area contributed by atoms with E-state index in [0.29, 0.717) is 6.04 Å². The summed E-state index contributed by atoms with van der Waals surface area (Å²) in [5.41, 5.74) is 0. The number of hydrogen-bond donors (Lipinski definition) is 1. The van der Waals surface area contributed by atoms with Crippen LogP contribution in [0.5, 0.6) is 0 Å². The molecule has 12 heavy (non-hydrogen) atoms. The lowest BCUT2D eigenvalue weighted by Crippen LogP contribution is -2.27. The van der Waals surface area contributed by atoms with Gasteiger partial charge in [-0.05, 0) is 32.7 Å². The number of alkyl halides is 1. The molecule has 0 aliphatic rings. The molecule has 1 N–H and O–H groups in total. The van der Waals surface area contributed by atoms with Gasteiger partial charge in [0.25, 0.3) is 0 Å². The van der Waals surface area contributed by atoms with Gasteiger partial charge in [-0.3, -0.25) is 0 Å². The largest absolute Gasteiger partial charge is 0.385 e. The fourth-order valence-corrected chi connectivity index (χ4v) is 1.20. The summed E-state index contributed by atoms with van der Waals surface area (Å²) in [6, 6.07) is 0.584. The second kappa shape index (κ2) is 9.30. The first-order valence-electron chi connectivity index (χ1n) is 4.59. The zero-order chi connectivity index (χ0) is 9.23. The maximum atomic E-state index is 5.58. The Morgan fingerprint density at radius 1 is 1.42 bits per heavy atom. The van der Waals surface area contributed by atoms with Gasteiger partial charge in [-0.15, -0.1) is 11.6 Å². The summed E-state index contributed by atoms with van der Waals surface area (Å²) < 4.78 is 4.94. The van der Waals surface area contributed by atoms with Crippen LogP contribution in [-0.2, 0) is 4.74 Å². The first kappa shape index (κ1) is 12.2. The third kappa shape index (κ3) is 8.31. The van der Waals surface area contributed by atoms with Gasteiger partial charge in [0.15, 0.2) is 0 Å². The van der Waals surface area contributed by atoms with E-state index in [9.17, 15) is 0 Å². The highest BCUT2D eigenvalue weighted by Crippen LogP contribution is 1.97. The van der Waals surface area contributed by atoms with Crippen molar-refractivity contribution in [3.05, 3.63) is 0 Å². The number of rotatable bonds is 8. The number of ether oxygens (including phenoxy) is 1. The van der Waals surface area contributed by atoms with Crippen LogP contribution in [0.1, 0.15) is 26.2 Å². The van der Waals surface area contributed by atoms with Crippen molar-refractivity contribution in [2.45, 2.75) is 32.2 Å². The predicted octanol–water partition coefficient (Wildman–Crippen LogP) is 2.02. The van der Waals surface area contributed by atoms with Gasteiger partial charge in [0.2, 0.25) is 0 Å². The number of hydrogen-bond acceptors (Lipinski definition) is 2. The van der Waals surface area contributed by atoms with Crippen LogP contribution in [0.25, 0.3) is 0 Å². The second-order valence-corrected chi connectivity index (χ2v) is 3.41. The standard InChI is InChI=1S/C9H20ClNO/c1-9(5-3-6-10)11-7-4-8-12-2/h9,11H,3-8H2,1-2H3. The molecule has 0 saturated carbocycles. The summed E-state index contributed by atoms with van der Waals surface area (Å²) in [5, 5.41) is 3.41. The molecule has 3 heteroatoms. The average molecular weight is 194 g/mol. The van der Waals surface area contributed by atoms with Crippen molar-refractivity contribution in [1.29, 1.82) is 0 Å². The molecule has 0 spiro atoms. The van der Waals surface area contributed by atoms with Crippen LogP contribution in [0.4, 0.5) is 0 Å². The van der Waals surface area contributed by atoms with E-state index < -0.39 is 0 Å². The van der Waals surface area contributed by atoms with Gasteiger partial charge in [0.1, 0.15) is 0 Å². The molecular formula is C9H20ClNO. The monoisotopic (exact) mass is 193 g/mol. The first-order valence-corrected chi connectivity index (χ1v) is 5.13. The molecule has 0 aliphatic heterocycles. The number of halogens is 1. The molecule has 0 fully saturated rings.